The lowest BCUT2D eigenvalue weighted by Crippen LogP contribution is -2.33. The number of hydrogen-bond acceptors (Lipinski definition) is 2. The summed E-state index contributed by atoms with van der Waals surface area (Å²) in [5.41, 5.74) is 1.38. The van der Waals surface area contributed by atoms with Crippen molar-refractivity contribution in [3.05, 3.63) is 29.8 Å². The van der Waals surface area contributed by atoms with Gasteiger partial charge in [0, 0.05) is 18.5 Å². The second-order valence-electron chi connectivity index (χ2n) is 5.17. The van der Waals surface area contributed by atoms with Gasteiger partial charge in [0.05, 0.1) is 6.61 Å². The molecule has 2 heteroatoms. The van der Waals surface area contributed by atoms with Crippen molar-refractivity contribution in [2.45, 2.75) is 51.5 Å². The topological polar surface area (TPSA) is 21.3 Å². The van der Waals surface area contributed by atoms with Crippen LogP contribution in [0.3, 0.4) is 0 Å². The molecular formula is C16H25NO. The summed E-state index contributed by atoms with van der Waals surface area (Å²) < 4.78 is 5.71. The van der Waals surface area contributed by atoms with E-state index in [1.165, 1.54) is 24.8 Å². The molecule has 1 aromatic carbocycles. The lowest BCUT2D eigenvalue weighted by Gasteiger charge is -2.28. The van der Waals surface area contributed by atoms with Gasteiger partial charge in [-0.2, -0.15) is 0 Å². The Balaban J connectivity index is 1.94. The van der Waals surface area contributed by atoms with Crippen LogP contribution in [0.25, 0.3) is 0 Å². The van der Waals surface area contributed by atoms with E-state index in [1.54, 1.807) is 0 Å². The van der Waals surface area contributed by atoms with Crippen molar-refractivity contribution >= 4 is 0 Å². The van der Waals surface area contributed by atoms with E-state index in [2.05, 4.69) is 43.4 Å². The van der Waals surface area contributed by atoms with Gasteiger partial charge in [-0.1, -0.05) is 38.5 Å². The summed E-state index contributed by atoms with van der Waals surface area (Å²) in [4.78, 5) is 0. The molecule has 1 aromatic rings. The third kappa shape index (κ3) is 3.26. The van der Waals surface area contributed by atoms with E-state index < -0.39 is 0 Å². The lowest BCUT2D eigenvalue weighted by molar-refractivity contribution is 0.261. The van der Waals surface area contributed by atoms with Crippen molar-refractivity contribution in [3.8, 4) is 5.75 Å². The van der Waals surface area contributed by atoms with Gasteiger partial charge < -0.3 is 10.1 Å². The maximum Gasteiger partial charge on any atom is 0.122 e. The van der Waals surface area contributed by atoms with Crippen LogP contribution < -0.4 is 10.1 Å². The summed E-state index contributed by atoms with van der Waals surface area (Å²) in [5, 5.41) is 3.73. The van der Waals surface area contributed by atoms with Crippen LogP contribution in [0.2, 0.25) is 0 Å². The molecule has 0 bridgehead atoms. The molecule has 1 aliphatic rings. The number of ether oxygens (including phenoxy) is 1. The molecular weight excluding hydrogens is 222 g/mol. The number of rotatable bonds is 6. The van der Waals surface area contributed by atoms with Crippen LogP contribution in [0, 0.1) is 0 Å². The van der Waals surface area contributed by atoms with E-state index in [0.29, 0.717) is 12.0 Å². The molecule has 0 radical (unpaired) electrons. The maximum atomic E-state index is 5.71. The maximum absolute atomic E-state index is 5.71. The van der Waals surface area contributed by atoms with Gasteiger partial charge in [0.2, 0.25) is 0 Å². The highest BCUT2D eigenvalue weighted by molar-refractivity contribution is 5.37. The molecule has 2 nitrogen and oxygen atoms in total. The Labute approximate surface area is 111 Å². The van der Waals surface area contributed by atoms with E-state index in [4.69, 9.17) is 4.74 Å². The Morgan fingerprint density at radius 1 is 1.33 bits per heavy atom. The largest absolute Gasteiger partial charge is 0.493 e. The molecule has 2 atom stereocenters. The molecule has 1 aliphatic heterocycles. The van der Waals surface area contributed by atoms with E-state index >= 15 is 0 Å². The predicted octanol–water partition coefficient (Wildman–Crippen LogP) is 3.72. The summed E-state index contributed by atoms with van der Waals surface area (Å²) in [6.45, 7) is 6.46. The molecule has 0 amide bonds. The second-order valence-corrected chi connectivity index (χ2v) is 5.17. The minimum atomic E-state index is 0.612. The highest BCUT2D eigenvalue weighted by atomic mass is 16.5. The van der Waals surface area contributed by atoms with Crippen LogP contribution in [-0.2, 0) is 0 Å². The third-order valence-corrected chi connectivity index (χ3v) is 3.87. The molecule has 2 rings (SSSR count). The quantitative estimate of drug-likeness (QED) is 0.827. The van der Waals surface area contributed by atoms with Crippen molar-refractivity contribution in [1.29, 1.82) is 0 Å². The van der Waals surface area contributed by atoms with Gasteiger partial charge in [0.15, 0.2) is 0 Å². The molecule has 1 heterocycles. The van der Waals surface area contributed by atoms with E-state index in [1.807, 2.05) is 0 Å². The molecule has 18 heavy (non-hydrogen) atoms. The first-order chi connectivity index (χ1) is 8.85. The van der Waals surface area contributed by atoms with Gasteiger partial charge in [-0.25, -0.2) is 0 Å². The second kappa shape index (κ2) is 6.79. The molecule has 0 aromatic heterocycles. The Hall–Kier alpha value is -1.02. The Kier molecular flexibility index (Phi) is 5.06. The van der Waals surface area contributed by atoms with Gasteiger partial charge in [-0.3, -0.25) is 0 Å². The smallest absolute Gasteiger partial charge is 0.122 e. The van der Waals surface area contributed by atoms with Gasteiger partial charge in [0.25, 0.3) is 0 Å². The van der Waals surface area contributed by atoms with Crippen LogP contribution in [0.1, 0.15) is 51.0 Å². The average molecular weight is 247 g/mol. The Bertz CT molecular complexity index is 364. The normalized spacial score (nSPS) is 20.0. The Morgan fingerprint density at radius 3 is 2.94 bits per heavy atom. The van der Waals surface area contributed by atoms with Crippen molar-refractivity contribution in [2.75, 3.05) is 13.2 Å². The van der Waals surface area contributed by atoms with E-state index in [-0.39, 0.29) is 0 Å². The molecule has 2 unspecified atom stereocenters. The first kappa shape index (κ1) is 13.4. The van der Waals surface area contributed by atoms with Crippen LogP contribution in [-0.4, -0.2) is 19.2 Å². The molecule has 0 saturated carbocycles. The van der Waals surface area contributed by atoms with Crippen molar-refractivity contribution in [1.82, 2.24) is 5.32 Å². The third-order valence-electron chi connectivity index (χ3n) is 3.87. The summed E-state index contributed by atoms with van der Waals surface area (Å²) in [6, 6.07) is 9.14. The van der Waals surface area contributed by atoms with Gasteiger partial charge in [-0.05, 0) is 30.9 Å². The van der Waals surface area contributed by atoms with E-state index in [9.17, 15) is 0 Å². The molecule has 0 saturated heterocycles. The first-order valence-electron chi connectivity index (χ1n) is 7.30. The lowest BCUT2D eigenvalue weighted by atomic mass is 9.92. The molecule has 100 valence electrons. The zero-order valence-electron chi connectivity index (χ0n) is 11.6. The molecule has 0 spiro atoms. The van der Waals surface area contributed by atoms with Crippen LogP contribution in [0.15, 0.2) is 24.3 Å². The first-order valence-corrected chi connectivity index (χ1v) is 7.30. The van der Waals surface area contributed by atoms with Gasteiger partial charge >= 0.3 is 0 Å². The summed E-state index contributed by atoms with van der Waals surface area (Å²) >= 11 is 0. The van der Waals surface area contributed by atoms with Crippen molar-refractivity contribution in [2.24, 2.45) is 0 Å². The van der Waals surface area contributed by atoms with Crippen LogP contribution in [0.5, 0.6) is 5.75 Å². The highest BCUT2D eigenvalue weighted by Gasteiger charge is 2.21. The van der Waals surface area contributed by atoms with Gasteiger partial charge in [-0.15, -0.1) is 0 Å². The van der Waals surface area contributed by atoms with Gasteiger partial charge in [0.1, 0.15) is 5.75 Å². The zero-order chi connectivity index (χ0) is 12.8. The van der Waals surface area contributed by atoms with Crippen molar-refractivity contribution < 1.29 is 4.74 Å². The molecule has 0 fully saturated rings. The predicted molar refractivity (Wildman–Crippen MR) is 76.3 cm³/mol. The molecule has 0 aliphatic carbocycles. The number of fused-ring (bicyclic) bond motifs is 1. The van der Waals surface area contributed by atoms with Crippen LogP contribution >= 0.6 is 0 Å². The standard InChI is InChI=1S/C16H25NO/c1-3-7-14(4-2)17-12-13-10-11-18-16-9-6-5-8-15(13)16/h5-6,8-9,13-14,17H,3-4,7,10-12H2,1-2H3. The number of hydrogen-bond donors (Lipinski definition) is 1. The average Bonchev–Trinajstić information content (AvgIpc) is 2.43. The minimum absolute atomic E-state index is 0.612. The summed E-state index contributed by atoms with van der Waals surface area (Å²) in [6.07, 6.45) is 4.89. The SMILES string of the molecule is CCCC(CC)NCC1CCOc2ccccc21. The van der Waals surface area contributed by atoms with Crippen LogP contribution in [0.4, 0.5) is 0 Å². The number of benzene rings is 1. The minimum Gasteiger partial charge on any atom is -0.493 e. The number of nitrogens with one attached hydrogen (secondary N) is 1. The Morgan fingerprint density at radius 2 is 2.17 bits per heavy atom. The monoisotopic (exact) mass is 247 g/mol. The highest BCUT2D eigenvalue weighted by Crippen LogP contribution is 2.32. The number of para-hydroxylation sites is 1. The fourth-order valence-corrected chi connectivity index (χ4v) is 2.74. The fourth-order valence-electron chi connectivity index (χ4n) is 2.74. The fraction of sp³-hybridized carbons (Fsp3) is 0.625. The summed E-state index contributed by atoms with van der Waals surface area (Å²) in [5.74, 6) is 1.69. The summed E-state index contributed by atoms with van der Waals surface area (Å²) in [7, 11) is 0. The molecule has 1 N–H and O–H groups in total. The van der Waals surface area contributed by atoms with E-state index in [0.717, 1.165) is 25.3 Å². The zero-order valence-corrected chi connectivity index (χ0v) is 11.6. The van der Waals surface area contributed by atoms with Crippen molar-refractivity contribution in [3.63, 3.8) is 0 Å².